The van der Waals surface area contributed by atoms with Gasteiger partial charge in [-0.25, -0.2) is 14.8 Å². The van der Waals surface area contributed by atoms with E-state index in [-0.39, 0.29) is 12.1 Å². The molecule has 2 amide bonds. The summed E-state index contributed by atoms with van der Waals surface area (Å²) in [5.41, 5.74) is 1.08. The summed E-state index contributed by atoms with van der Waals surface area (Å²) in [6, 6.07) is 7.64. The molecule has 24 heavy (non-hydrogen) atoms. The molecular formula is C17H22N6O. The molecule has 0 atom stereocenters. The lowest BCUT2D eigenvalue weighted by Gasteiger charge is -2.32. The Labute approximate surface area is 141 Å². The molecular weight excluding hydrogens is 304 g/mol. The van der Waals surface area contributed by atoms with E-state index in [1.807, 2.05) is 24.4 Å². The Bertz CT molecular complexity index is 670. The van der Waals surface area contributed by atoms with Crippen LogP contribution in [0.25, 0.3) is 0 Å². The molecule has 2 aromatic heterocycles. The van der Waals surface area contributed by atoms with Crippen LogP contribution in [0.1, 0.15) is 24.4 Å². The minimum absolute atomic E-state index is 0.188. The van der Waals surface area contributed by atoms with E-state index in [0.717, 1.165) is 38.2 Å². The molecule has 1 aliphatic rings. The highest BCUT2D eigenvalue weighted by Crippen LogP contribution is 2.13. The molecule has 2 N–H and O–H groups in total. The summed E-state index contributed by atoms with van der Waals surface area (Å²) in [7, 11) is 0. The van der Waals surface area contributed by atoms with Crippen LogP contribution in [0.4, 0.5) is 10.6 Å². The molecule has 0 aliphatic carbocycles. The Kier molecular flexibility index (Phi) is 5.32. The number of rotatable bonds is 4. The summed E-state index contributed by atoms with van der Waals surface area (Å²) in [6.45, 7) is 4.56. The maximum absolute atomic E-state index is 12.1. The number of nitrogens with one attached hydrogen (secondary N) is 2. The molecule has 3 rings (SSSR count). The van der Waals surface area contributed by atoms with Gasteiger partial charge in [-0.05, 0) is 38.0 Å². The van der Waals surface area contributed by atoms with E-state index < -0.39 is 0 Å². The zero-order chi connectivity index (χ0) is 16.8. The second kappa shape index (κ2) is 7.83. The SMILES string of the molecule is Cc1nccc(NC(=O)NC2CCN(Cc3ccccn3)CC2)n1. The predicted molar refractivity (Wildman–Crippen MR) is 91.5 cm³/mol. The van der Waals surface area contributed by atoms with Gasteiger partial charge in [0.2, 0.25) is 0 Å². The number of hydrogen-bond acceptors (Lipinski definition) is 5. The van der Waals surface area contributed by atoms with Crippen LogP contribution in [0.5, 0.6) is 0 Å². The van der Waals surface area contributed by atoms with Crippen molar-refractivity contribution in [1.29, 1.82) is 0 Å². The van der Waals surface area contributed by atoms with Gasteiger partial charge in [0.15, 0.2) is 0 Å². The van der Waals surface area contributed by atoms with Crippen molar-refractivity contribution in [3.63, 3.8) is 0 Å². The highest BCUT2D eigenvalue weighted by Gasteiger charge is 2.21. The van der Waals surface area contributed by atoms with Gasteiger partial charge < -0.3 is 5.32 Å². The van der Waals surface area contributed by atoms with Crippen molar-refractivity contribution in [3.8, 4) is 0 Å². The third-order valence-corrected chi connectivity index (χ3v) is 4.05. The average Bonchev–Trinajstić information content (AvgIpc) is 2.57. The quantitative estimate of drug-likeness (QED) is 0.897. The Morgan fingerprint density at radius 2 is 2.04 bits per heavy atom. The van der Waals surface area contributed by atoms with E-state index in [9.17, 15) is 4.79 Å². The monoisotopic (exact) mass is 326 g/mol. The van der Waals surface area contributed by atoms with Crippen molar-refractivity contribution in [1.82, 2.24) is 25.2 Å². The number of likely N-dealkylation sites (tertiary alicyclic amines) is 1. The van der Waals surface area contributed by atoms with Gasteiger partial charge >= 0.3 is 6.03 Å². The topological polar surface area (TPSA) is 83.0 Å². The first-order valence-corrected chi connectivity index (χ1v) is 8.18. The van der Waals surface area contributed by atoms with Crippen LogP contribution in [-0.4, -0.2) is 45.0 Å². The lowest BCUT2D eigenvalue weighted by Crippen LogP contribution is -2.45. The lowest BCUT2D eigenvalue weighted by molar-refractivity contribution is 0.188. The van der Waals surface area contributed by atoms with Gasteiger partial charge in [-0.1, -0.05) is 6.07 Å². The van der Waals surface area contributed by atoms with Gasteiger partial charge in [0.25, 0.3) is 0 Å². The molecule has 1 saturated heterocycles. The number of hydrogen-bond donors (Lipinski definition) is 2. The maximum Gasteiger partial charge on any atom is 0.320 e. The van der Waals surface area contributed by atoms with Crippen molar-refractivity contribution in [2.24, 2.45) is 0 Å². The second-order valence-corrected chi connectivity index (χ2v) is 5.96. The van der Waals surface area contributed by atoms with E-state index in [1.54, 1.807) is 19.2 Å². The van der Waals surface area contributed by atoms with Gasteiger partial charge in [0, 0.05) is 38.1 Å². The van der Waals surface area contributed by atoms with E-state index in [4.69, 9.17) is 0 Å². The number of carbonyl (C=O) groups excluding carboxylic acids is 1. The fraction of sp³-hybridized carbons (Fsp3) is 0.412. The summed E-state index contributed by atoms with van der Waals surface area (Å²) in [6.07, 6.45) is 5.32. The molecule has 126 valence electrons. The predicted octanol–water partition coefficient (Wildman–Crippen LogP) is 1.97. The fourth-order valence-electron chi connectivity index (χ4n) is 2.82. The molecule has 1 fully saturated rings. The van der Waals surface area contributed by atoms with Crippen molar-refractivity contribution in [3.05, 3.63) is 48.2 Å². The third kappa shape index (κ3) is 4.73. The van der Waals surface area contributed by atoms with Crippen LogP contribution in [0.15, 0.2) is 36.7 Å². The zero-order valence-corrected chi connectivity index (χ0v) is 13.8. The van der Waals surface area contributed by atoms with Crippen molar-refractivity contribution >= 4 is 11.8 Å². The molecule has 2 aromatic rings. The van der Waals surface area contributed by atoms with Crippen LogP contribution in [0.3, 0.4) is 0 Å². The van der Waals surface area contributed by atoms with Crippen molar-refractivity contribution < 1.29 is 4.79 Å². The van der Waals surface area contributed by atoms with E-state index in [1.165, 1.54) is 0 Å². The van der Waals surface area contributed by atoms with Gasteiger partial charge in [0.1, 0.15) is 11.6 Å². The number of pyridine rings is 1. The summed E-state index contributed by atoms with van der Waals surface area (Å²) >= 11 is 0. The fourth-order valence-corrected chi connectivity index (χ4v) is 2.82. The van der Waals surface area contributed by atoms with Crippen molar-refractivity contribution in [2.45, 2.75) is 32.4 Å². The normalized spacial score (nSPS) is 15.9. The molecule has 0 saturated carbocycles. The number of urea groups is 1. The zero-order valence-electron chi connectivity index (χ0n) is 13.8. The summed E-state index contributed by atoms with van der Waals surface area (Å²) < 4.78 is 0. The number of piperidine rings is 1. The molecule has 3 heterocycles. The molecule has 1 aliphatic heterocycles. The summed E-state index contributed by atoms with van der Waals surface area (Å²) in [4.78, 5) is 27.0. The molecule has 0 bridgehead atoms. The highest BCUT2D eigenvalue weighted by atomic mass is 16.2. The first-order chi connectivity index (χ1) is 11.7. The van der Waals surface area contributed by atoms with Crippen molar-refractivity contribution in [2.75, 3.05) is 18.4 Å². The average molecular weight is 326 g/mol. The first-order valence-electron chi connectivity index (χ1n) is 8.18. The molecule has 7 nitrogen and oxygen atoms in total. The number of carbonyl (C=O) groups is 1. The number of amides is 2. The van der Waals surface area contributed by atoms with Crippen LogP contribution in [0, 0.1) is 6.92 Å². The van der Waals surface area contributed by atoms with Gasteiger partial charge in [-0.3, -0.25) is 15.2 Å². The van der Waals surface area contributed by atoms with Gasteiger partial charge in [0.05, 0.1) is 5.69 Å². The lowest BCUT2D eigenvalue weighted by atomic mass is 10.1. The Morgan fingerprint density at radius 1 is 1.21 bits per heavy atom. The van der Waals surface area contributed by atoms with E-state index in [2.05, 4.69) is 30.5 Å². The highest BCUT2D eigenvalue weighted by molar-refractivity contribution is 5.88. The summed E-state index contributed by atoms with van der Waals surface area (Å²) in [5, 5.41) is 5.77. The second-order valence-electron chi connectivity index (χ2n) is 5.96. The molecule has 0 radical (unpaired) electrons. The molecule has 0 aromatic carbocycles. The smallest absolute Gasteiger partial charge is 0.320 e. The minimum atomic E-state index is -0.212. The largest absolute Gasteiger partial charge is 0.335 e. The summed E-state index contributed by atoms with van der Waals surface area (Å²) in [5.74, 6) is 1.16. The number of anilines is 1. The van der Waals surface area contributed by atoms with Crippen LogP contribution < -0.4 is 10.6 Å². The Morgan fingerprint density at radius 3 is 2.75 bits per heavy atom. The van der Waals surface area contributed by atoms with Crippen LogP contribution >= 0.6 is 0 Å². The first kappa shape index (κ1) is 16.3. The third-order valence-electron chi connectivity index (χ3n) is 4.05. The van der Waals surface area contributed by atoms with E-state index >= 15 is 0 Å². The van der Waals surface area contributed by atoms with Crippen LogP contribution in [-0.2, 0) is 6.54 Å². The van der Waals surface area contributed by atoms with Gasteiger partial charge in [-0.2, -0.15) is 0 Å². The molecule has 0 unspecified atom stereocenters. The number of aryl methyl sites for hydroxylation is 1. The maximum atomic E-state index is 12.1. The van der Waals surface area contributed by atoms with Gasteiger partial charge in [-0.15, -0.1) is 0 Å². The van der Waals surface area contributed by atoms with Crippen LogP contribution in [0.2, 0.25) is 0 Å². The van der Waals surface area contributed by atoms with E-state index in [0.29, 0.717) is 11.6 Å². The minimum Gasteiger partial charge on any atom is -0.335 e. The standard InChI is InChI=1S/C17H22N6O/c1-13-18-9-5-16(20-13)22-17(24)21-14-6-10-23(11-7-14)12-15-4-2-3-8-19-15/h2-5,8-9,14H,6-7,10-12H2,1H3,(H2,18,20,21,22,24). The number of nitrogens with zero attached hydrogens (tertiary/aromatic N) is 4. The molecule has 0 spiro atoms. The Hall–Kier alpha value is -2.54. The number of aromatic nitrogens is 3. The molecule has 7 heteroatoms. The Balaban J connectivity index is 1.42.